The van der Waals surface area contributed by atoms with Gasteiger partial charge in [0.2, 0.25) is 0 Å². The first-order valence-electron chi connectivity index (χ1n) is 10.3. The molecule has 1 fully saturated rings. The molecule has 0 saturated carbocycles. The Balaban J connectivity index is 1.21. The molecule has 158 valence electrons. The highest BCUT2D eigenvalue weighted by molar-refractivity contribution is 8.01. The number of carbonyl (C=O) groups excluding carboxylic acids is 1. The number of anilines is 1. The second-order valence-corrected chi connectivity index (χ2v) is 9.80. The molecule has 5 rings (SSSR count). The quantitative estimate of drug-likeness (QED) is 0.403. The normalized spacial score (nSPS) is 16.5. The number of piperidine rings is 1. The van der Waals surface area contributed by atoms with Gasteiger partial charge >= 0.3 is 6.03 Å². The van der Waals surface area contributed by atoms with Gasteiger partial charge in [0.05, 0.1) is 5.92 Å². The predicted octanol–water partition coefficient (Wildman–Crippen LogP) is 6.16. The zero-order chi connectivity index (χ0) is 21.2. The molecular formula is C23H22N4O2S2. The second kappa shape index (κ2) is 8.72. The van der Waals surface area contributed by atoms with Crippen LogP contribution >= 0.6 is 23.1 Å². The summed E-state index contributed by atoms with van der Waals surface area (Å²) in [5.74, 6) is 0.838. The molecule has 2 aromatic heterocycles. The minimum absolute atomic E-state index is 0.0863. The van der Waals surface area contributed by atoms with Gasteiger partial charge in [-0.1, -0.05) is 23.9 Å². The summed E-state index contributed by atoms with van der Waals surface area (Å²) >= 11 is 3.27. The molecule has 0 bridgehead atoms. The van der Waals surface area contributed by atoms with Crippen LogP contribution in [-0.2, 0) is 0 Å². The van der Waals surface area contributed by atoms with Gasteiger partial charge in [-0.25, -0.2) is 14.8 Å². The number of hydrogen-bond donors (Lipinski definition) is 1. The molecule has 2 aromatic carbocycles. The molecule has 0 aliphatic carbocycles. The van der Waals surface area contributed by atoms with E-state index in [9.17, 15) is 4.79 Å². The van der Waals surface area contributed by atoms with Crippen LogP contribution in [0.4, 0.5) is 10.5 Å². The van der Waals surface area contributed by atoms with Crippen molar-refractivity contribution in [3.05, 3.63) is 65.5 Å². The highest BCUT2D eigenvalue weighted by atomic mass is 32.2. The van der Waals surface area contributed by atoms with Crippen LogP contribution in [0.25, 0.3) is 11.1 Å². The average molecular weight is 451 g/mol. The molecule has 1 unspecified atom stereocenters. The monoisotopic (exact) mass is 450 g/mol. The van der Waals surface area contributed by atoms with E-state index in [0.29, 0.717) is 6.54 Å². The molecular weight excluding hydrogens is 428 g/mol. The van der Waals surface area contributed by atoms with Crippen LogP contribution in [0.3, 0.4) is 0 Å². The third-order valence-electron chi connectivity index (χ3n) is 5.28. The van der Waals surface area contributed by atoms with Crippen LogP contribution in [0.1, 0.15) is 30.3 Å². The number of oxazole rings is 1. The number of thiazole rings is 1. The number of nitrogens with zero attached hydrogens (tertiary/aromatic N) is 3. The fourth-order valence-electron chi connectivity index (χ4n) is 3.72. The molecule has 31 heavy (non-hydrogen) atoms. The number of likely N-dealkylation sites (tertiary alicyclic amines) is 1. The number of para-hydroxylation sites is 2. The number of benzene rings is 2. The summed E-state index contributed by atoms with van der Waals surface area (Å²) in [6.07, 6.45) is 1.90. The highest BCUT2D eigenvalue weighted by Crippen LogP contribution is 2.32. The summed E-state index contributed by atoms with van der Waals surface area (Å²) in [7, 11) is 0. The summed E-state index contributed by atoms with van der Waals surface area (Å²) in [6, 6.07) is 15.6. The van der Waals surface area contributed by atoms with E-state index in [1.165, 1.54) is 0 Å². The Morgan fingerprint density at radius 2 is 2.03 bits per heavy atom. The number of urea groups is 1. The van der Waals surface area contributed by atoms with Crippen molar-refractivity contribution in [2.45, 2.75) is 34.9 Å². The summed E-state index contributed by atoms with van der Waals surface area (Å²) < 4.78 is 6.96. The van der Waals surface area contributed by atoms with Crippen molar-refractivity contribution in [3.8, 4) is 0 Å². The maximum Gasteiger partial charge on any atom is 0.321 e. The van der Waals surface area contributed by atoms with E-state index in [2.05, 4.69) is 15.3 Å². The van der Waals surface area contributed by atoms with Gasteiger partial charge in [0, 0.05) is 34.7 Å². The van der Waals surface area contributed by atoms with Gasteiger partial charge in [0.1, 0.15) is 5.52 Å². The van der Waals surface area contributed by atoms with Crippen molar-refractivity contribution in [1.29, 1.82) is 0 Å². The zero-order valence-electron chi connectivity index (χ0n) is 17.1. The Morgan fingerprint density at radius 1 is 1.19 bits per heavy atom. The second-order valence-electron chi connectivity index (χ2n) is 7.62. The highest BCUT2D eigenvalue weighted by Gasteiger charge is 2.28. The Morgan fingerprint density at radius 3 is 2.81 bits per heavy atom. The Bertz CT molecular complexity index is 1170. The molecule has 4 aromatic rings. The van der Waals surface area contributed by atoms with Crippen molar-refractivity contribution in [2.75, 3.05) is 18.4 Å². The van der Waals surface area contributed by atoms with Crippen LogP contribution in [0.5, 0.6) is 0 Å². The number of amides is 2. The molecule has 1 aliphatic rings. The zero-order valence-corrected chi connectivity index (χ0v) is 18.7. The standard InChI is InChI=1S/C23H22N4O2S2/c1-15-14-30-23(24-15)31-18-10-8-17(9-11-18)25-22(28)27-12-4-5-16(13-27)21-26-19-6-2-3-7-20(19)29-21/h2-3,6-11,14,16H,4-5,12-13H2,1H3,(H,25,28). The summed E-state index contributed by atoms with van der Waals surface area (Å²) in [5.41, 5.74) is 3.48. The van der Waals surface area contributed by atoms with Crippen molar-refractivity contribution in [3.63, 3.8) is 0 Å². The molecule has 2 amide bonds. The van der Waals surface area contributed by atoms with Gasteiger partial charge in [0.15, 0.2) is 15.8 Å². The van der Waals surface area contributed by atoms with E-state index in [0.717, 1.165) is 57.0 Å². The molecule has 1 saturated heterocycles. The number of nitrogens with one attached hydrogen (secondary N) is 1. The first kappa shape index (κ1) is 20.1. The van der Waals surface area contributed by atoms with Crippen molar-refractivity contribution < 1.29 is 9.21 Å². The largest absolute Gasteiger partial charge is 0.440 e. The lowest BCUT2D eigenvalue weighted by Crippen LogP contribution is -2.41. The molecule has 0 radical (unpaired) electrons. The maximum absolute atomic E-state index is 12.8. The van der Waals surface area contributed by atoms with E-state index < -0.39 is 0 Å². The van der Waals surface area contributed by atoms with Crippen LogP contribution < -0.4 is 5.32 Å². The maximum atomic E-state index is 12.8. The Kier molecular flexibility index (Phi) is 5.65. The van der Waals surface area contributed by atoms with Crippen molar-refractivity contribution in [2.24, 2.45) is 0 Å². The van der Waals surface area contributed by atoms with E-state index in [-0.39, 0.29) is 11.9 Å². The van der Waals surface area contributed by atoms with E-state index in [1.54, 1.807) is 23.1 Å². The van der Waals surface area contributed by atoms with Crippen molar-refractivity contribution in [1.82, 2.24) is 14.9 Å². The molecule has 0 spiro atoms. The number of hydrogen-bond acceptors (Lipinski definition) is 6. The van der Waals surface area contributed by atoms with Crippen LogP contribution in [0.2, 0.25) is 0 Å². The Labute approximate surface area is 188 Å². The fraction of sp³-hybridized carbons (Fsp3) is 0.261. The summed E-state index contributed by atoms with van der Waals surface area (Å²) in [5, 5.41) is 5.06. The number of fused-ring (bicyclic) bond motifs is 1. The first-order chi connectivity index (χ1) is 15.1. The van der Waals surface area contributed by atoms with Gasteiger partial charge in [-0.3, -0.25) is 0 Å². The van der Waals surface area contributed by atoms with Gasteiger partial charge < -0.3 is 14.6 Å². The molecule has 1 atom stereocenters. The molecule has 3 heterocycles. The van der Waals surface area contributed by atoms with E-state index >= 15 is 0 Å². The summed E-state index contributed by atoms with van der Waals surface area (Å²) in [6.45, 7) is 3.34. The average Bonchev–Trinajstić information content (AvgIpc) is 3.41. The first-order valence-corrected chi connectivity index (χ1v) is 11.9. The van der Waals surface area contributed by atoms with Gasteiger partial charge in [-0.05, 0) is 56.2 Å². The molecule has 6 nitrogen and oxygen atoms in total. The minimum atomic E-state index is -0.0863. The number of aromatic nitrogens is 2. The lowest BCUT2D eigenvalue weighted by molar-refractivity contribution is 0.187. The topological polar surface area (TPSA) is 71.3 Å². The van der Waals surface area contributed by atoms with Gasteiger partial charge in [0.25, 0.3) is 0 Å². The number of aryl methyl sites for hydroxylation is 1. The Hall–Kier alpha value is -2.84. The smallest absolute Gasteiger partial charge is 0.321 e. The number of carbonyl (C=O) groups is 1. The van der Waals surface area contributed by atoms with E-state index in [1.807, 2.05) is 65.7 Å². The molecule has 1 N–H and O–H groups in total. The predicted molar refractivity (Wildman–Crippen MR) is 124 cm³/mol. The molecule has 1 aliphatic heterocycles. The van der Waals surface area contributed by atoms with Gasteiger partial charge in [-0.15, -0.1) is 11.3 Å². The SMILES string of the molecule is Cc1csc(Sc2ccc(NC(=O)N3CCCC(c4nc5ccccc5o4)C3)cc2)n1. The fourth-order valence-corrected chi connectivity index (χ4v) is 5.53. The van der Waals surface area contributed by atoms with Crippen LogP contribution in [0.15, 0.2) is 67.6 Å². The lowest BCUT2D eigenvalue weighted by Gasteiger charge is -2.31. The van der Waals surface area contributed by atoms with Crippen LogP contribution in [-0.4, -0.2) is 34.0 Å². The summed E-state index contributed by atoms with van der Waals surface area (Å²) in [4.78, 5) is 24.9. The molecule has 8 heteroatoms. The number of rotatable bonds is 4. The van der Waals surface area contributed by atoms with Gasteiger partial charge in [-0.2, -0.15) is 0 Å². The lowest BCUT2D eigenvalue weighted by atomic mass is 9.98. The van der Waals surface area contributed by atoms with E-state index in [4.69, 9.17) is 4.42 Å². The third-order valence-corrected chi connectivity index (χ3v) is 7.34. The third kappa shape index (κ3) is 4.60. The van der Waals surface area contributed by atoms with Crippen molar-refractivity contribution >= 4 is 45.9 Å². The minimum Gasteiger partial charge on any atom is -0.440 e. The van der Waals surface area contributed by atoms with Crippen LogP contribution in [0, 0.1) is 6.92 Å².